The monoisotopic (exact) mass is 333 g/mol. The smallest absolute Gasteiger partial charge is 0.229 e. The molecule has 1 amide bonds. The van der Waals surface area contributed by atoms with E-state index in [0.29, 0.717) is 5.92 Å². The van der Waals surface area contributed by atoms with Crippen molar-refractivity contribution in [2.75, 3.05) is 5.32 Å². The van der Waals surface area contributed by atoms with E-state index in [-0.39, 0.29) is 11.8 Å². The summed E-state index contributed by atoms with van der Waals surface area (Å²) in [4.78, 5) is 12.2. The van der Waals surface area contributed by atoms with Gasteiger partial charge in [0, 0.05) is 23.5 Å². The van der Waals surface area contributed by atoms with Crippen LogP contribution in [0.25, 0.3) is 0 Å². The van der Waals surface area contributed by atoms with Crippen molar-refractivity contribution < 1.29 is 4.79 Å². The highest BCUT2D eigenvalue weighted by Gasteiger charge is 2.44. The minimum atomic E-state index is 0.0754. The zero-order chi connectivity index (χ0) is 14.3. The number of aryl methyl sites for hydroxylation is 2. The molecule has 0 unspecified atom stereocenters. The molecule has 0 saturated heterocycles. The van der Waals surface area contributed by atoms with Crippen molar-refractivity contribution in [1.82, 2.24) is 9.78 Å². The van der Waals surface area contributed by atoms with Gasteiger partial charge in [0.25, 0.3) is 0 Å². The number of benzene rings is 1. The maximum Gasteiger partial charge on any atom is 0.229 e. The summed E-state index contributed by atoms with van der Waals surface area (Å²) in [5.74, 6) is 1.26. The summed E-state index contributed by atoms with van der Waals surface area (Å²) >= 11 is 3.42. The van der Waals surface area contributed by atoms with Gasteiger partial charge in [0.05, 0.1) is 5.69 Å². The molecule has 3 rings (SSSR count). The number of halogens is 1. The fourth-order valence-corrected chi connectivity index (χ4v) is 2.77. The van der Waals surface area contributed by atoms with Gasteiger partial charge in [-0.05, 0) is 37.0 Å². The number of carbonyl (C=O) groups excluding carboxylic acids is 1. The Hall–Kier alpha value is -1.62. The van der Waals surface area contributed by atoms with E-state index in [4.69, 9.17) is 0 Å². The molecule has 1 N–H and O–H groups in total. The molecule has 1 saturated carbocycles. The lowest BCUT2D eigenvalue weighted by Crippen LogP contribution is -2.16. The van der Waals surface area contributed by atoms with E-state index in [9.17, 15) is 4.79 Å². The molecule has 1 aliphatic carbocycles. The van der Waals surface area contributed by atoms with Crippen LogP contribution < -0.4 is 5.32 Å². The summed E-state index contributed by atoms with van der Waals surface area (Å²) in [6.07, 6.45) is 0.921. The SMILES string of the molecule is Cc1cc(NC(=O)[C@H]2C[C@@H]2c2ccc(Br)cc2)n(C)n1. The van der Waals surface area contributed by atoms with E-state index in [1.807, 2.05) is 32.2 Å². The maximum absolute atomic E-state index is 12.2. The van der Waals surface area contributed by atoms with Gasteiger partial charge in [-0.15, -0.1) is 0 Å². The number of rotatable bonds is 3. The molecule has 0 spiro atoms. The third kappa shape index (κ3) is 2.63. The van der Waals surface area contributed by atoms with Crippen LogP contribution in [-0.2, 0) is 11.8 Å². The Morgan fingerprint density at radius 2 is 2.10 bits per heavy atom. The number of hydrogen-bond acceptors (Lipinski definition) is 2. The van der Waals surface area contributed by atoms with E-state index in [2.05, 4.69) is 38.5 Å². The first-order valence-corrected chi connectivity index (χ1v) is 7.41. The first kappa shape index (κ1) is 13.4. The second-order valence-electron chi connectivity index (χ2n) is 5.28. The summed E-state index contributed by atoms with van der Waals surface area (Å²) in [5, 5.41) is 7.18. The molecule has 0 bridgehead atoms. The molecule has 4 nitrogen and oxygen atoms in total. The largest absolute Gasteiger partial charge is 0.311 e. The van der Waals surface area contributed by atoms with Crippen molar-refractivity contribution in [3.8, 4) is 0 Å². The first-order chi connectivity index (χ1) is 9.54. The Morgan fingerprint density at radius 3 is 2.70 bits per heavy atom. The predicted molar refractivity (Wildman–Crippen MR) is 81.6 cm³/mol. The number of nitrogens with zero attached hydrogens (tertiary/aromatic N) is 2. The Balaban J connectivity index is 1.65. The van der Waals surface area contributed by atoms with Crippen LogP contribution in [0.15, 0.2) is 34.8 Å². The molecule has 1 fully saturated rings. The number of aromatic nitrogens is 2. The molecule has 2 aromatic rings. The van der Waals surface area contributed by atoms with Crippen LogP contribution >= 0.6 is 15.9 Å². The predicted octanol–water partition coefficient (Wildman–Crippen LogP) is 3.23. The molecule has 1 aliphatic rings. The van der Waals surface area contributed by atoms with E-state index in [0.717, 1.165) is 22.4 Å². The molecule has 0 radical (unpaired) electrons. The van der Waals surface area contributed by atoms with Gasteiger partial charge in [-0.25, -0.2) is 0 Å². The van der Waals surface area contributed by atoms with E-state index in [1.165, 1.54) is 5.56 Å². The third-order valence-electron chi connectivity index (χ3n) is 3.68. The number of hydrogen-bond donors (Lipinski definition) is 1. The zero-order valence-electron chi connectivity index (χ0n) is 11.4. The number of amides is 1. The Bertz CT molecular complexity index is 648. The lowest BCUT2D eigenvalue weighted by molar-refractivity contribution is -0.117. The fraction of sp³-hybridized carbons (Fsp3) is 0.333. The highest BCUT2D eigenvalue weighted by molar-refractivity contribution is 9.10. The van der Waals surface area contributed by atoms with Crippen LogP contribution in [-0.4, -0.2) is 15.7 Å². The highest BCUT2D eigenvalue weighted by Crippen LogP contribution is 2.48. The third-order valence-corrected chi connectivity index (χ3v) is 4.21. The molecule has 0 aliphatic heterocycles. The lowest BCUT2D eigenvalue weighted by Gasteiger charge is -2.05. The van der Waals surface area contributed by atoms with Crippen molar-refractivity contribution in [3.63, 3.8) is 0 Å². The van der Waals surface area contributed by atoms with Crippen molar-refractivity contribution >= 4 is 27.7 Å². The van der Waals surface area contributed by atoms with Crippen LogP contribution in [0.2, 0.25) is 0 Å². The van der Waals surface area contributed by atoms with Gasteiger partial charge in [0.15, 0.2) is 0 Å². The number of carbonyl (C=O) groups is 1. The van der Waals surface area contributed by atoms with Crippen LogP contribution in [0.4, 0.5) is 5.82 Å². The van der Waals surface area contributed by atoms with Gasteiger partial charge in [-0.1, -0.05) is 28.1 Å². The zero-order valence-corrected chi connectivity index (χ0v) is 13.0. The lowest BCUT2D eigenvalue weighted by atomic mass is 10.1. The van der Waals surface area contributed by atoms with Crippen molar-refractivity contribution in [2.45, 2.75) is 19.3 Å². The minimum absolute atomic E-state index is 0.0754. The molecular formula is C15H16BrN3O. The van der Waals surface area contributed by atoms with Gasteiger partial charge >= 0.3 is 0 Å². The molecule has 5 heteroatoms. The first-order valence-electron chi connectivity index (χ1n) is 6.61. The quantitative estimate of drug-likeness (QED) is 0.937. The van der Waals surface area contributed by atoms with Gasteiger partial charge < -0.3 is 5.32 Å². The summed E-state index contributed by atoms with van der Waals surface area (Å²) < 4.78 is 2.76. The van der Waals surface area contributed by atoms with Gasteiger partial charge in [0.1, 0.15) is 5.82 Å². The van der Waals surface area contributed by atoms with Crippen LogP contribution in [0.1, 0.15) is 23.6 Å². The average molecular weight is 334 g/mol. The number of nitrogens with one attached hydrogen (secondary N) is 1. The normalized spacial score (nSPS) is 20.8. The Kier molecular flexibility index (Phi) is 3.38. The number of anilines is 1. The molecule has 1 heterocycles. The maximum atomic E-state index is 12.2. The van der Waals surface area contributed by atoms with Crippen molar-refractivity contribution in [2.24, 2.45) is 13.0 Å². The van der Waals surface area contributed by atoms with Crippen LogP contribution in [0.5, 0.6) is 0 Å². The van der Waals surface area contributed by atoms with E-state index in [1.54, 1.807) is 4.68 Å². The summed E-state index contributed by atoms with van der Waals surface area (Å²) in [6, 6.07) is 10.1. The van der Waals surface area contributed by atoms with Gasteiger partial charge in [0.2, 0.25) is 5.91 Å². The fourth-order valence-electron chi connectivity index (χ4n) is 2.51. The molecule has 104 valence electrons. The summed E-state index contributed by atoms with van der Waals surface area (Å²) in [6.45, 7) is 1.91. The Labute approximate surface area is 126 Å². The standard InChI is InChI=1S/C15H16BrN3O/c1-9-7-14(19(2)18-9)17-15(20)13-8-12(13)10-3-5-11(16)6-4-10/h3-7,12-13H,8H2,1-2H3,(H,17,20)/t12-,13+/m1/s1. The van der Waals surface area contributed by atoms with Crippen LogP contribution in [0.3, 0.4) is 0 Å². The van der Waals surface area contributed by atoms with Crippen molar-refractivity contribution in [1.29, 1.82) is 0 Å². The Morgan fingerprint density at radius 1 is 1.40 bits per heavy atom. The minimum Gasteiger partial charge on any atom is -0.311 e. The highest BCUT2D eigenvalue weighted by atomic mass is 79.9. The summed E-state index contributed by atoms with van der Waals surface area (Å²) in [7, 11) is 1.84. The van der Waals surface area contributed by atoms with Crippen molar-refractivity contribution in [3.05, 3.63) is 46.1 Å². The van der Waals surface area contributed by atoms with Gasteiger partial charge in [-0.3, -0.25) is 9.48 Å². The van der Waals surface area contributed by atoms with E-state index < -0.39 is 0 Å². The van der Waals surface area contributed by atoms with E-state index >= 15 is 0 Å². The summed E-state index contributed by atoms with van der Waals surface area (Å²) in [5.41, 5.74) is 2.14. The molecule has 1 aromatic heterocycles. The average Bonchev–Trinajstić information content (AvgIpc) is 3.13. The molecular weight excluding hydrogens is 318 g/mol. The second-order valence-corrected chi connectivity index (χ2v) is 6.20. The second kappa shape index (κ2) is 5.05. The topological polar surface area (TPSA) is 46.9 Å². The van der Waals surface area contributed by atoms with Crippen LogP contribution in [0, 0.1) is 12.8 Å². The van der Waals surface area contributed by atoms with Gasteiger partial charge in [-0.2, -0.15) is 5.10 Å². The molecule has 20 heavy (non-hydrogen) atoms. The molecule has 1 aromatic carbocycles. The molecule has 2 atom stereocenters.